The van der Waals surface area contributed by atoms with E-state index in [0.29, 0.717) is 11.8 Å². The molecule has 3 N–H and O–H groups in total. The van der Waals surface area contributed by atoms with Gasteiger partial charge in [0.15, 0.2) is 5.82 Å². The van der Waals surface area contributed by atoms with Gasteiger partial charge in [-0.25, -0.2) is 19.4 Å². The number of nitrogens with zero attached hydrogens (tertiary/aromatic N) is 4. The monoisotopic (exact) mass is 371 g/mol. The molecule has 1 atom stereocenters. The summed E-state index contributed by atoms with van der Waals surface area (Å²) in [5.41, 5.74) is 2.77. The molecule has 146 valence electrons. The highest BCUT2D eigenvalue weighted by molar-refractivity contribution is 5.88. The molecule has 1 aliphatic rings. The number of aromatic nitrogens is 4. The van der Waals surface area contributed by atoms with Crippen LogP contribution in [0.3, 0.4) is 0 Å². The Kier molecular flexibility index (Phi) is 5.46. The van der Waals surface area contributed by atoms with Crippen LogP contribution in [0.2, 0.25) is 0 Å². The van der Waals surface area contributed by atoms with Gasteiger partial charge in [-0.3, -0.25) is 5.32 Å². The van der Waals surface area contributed by atoms with Gasteiger partial charge in [-0.1, -0.05) is 13.8 Å². The quantitative estimate of drug-likeness (QED) is 0.770. The lowest BCUT2D eigenvalue weighted by atomic mass is 9.86. The molecule has 3 heterocycles. The largest absolute Gasteiger partial charge is 0.335 e. The van der Waals surface area contributed by atoms with Crippen LogP contribution < -0.4 is 16.0 Å². The van der Waals surface area contributed by atoms with E-state index in [-0.39, 0.29) is 17.5 Å². The van der Waals surface area contributed by atoms with Crippen molar-refractivity contribution in [3.8, 4) is 5.95 Å². The normalized spacial score (nSPS) is 19.4. The van der Waals surface area contributed by atoms with Crippen LogP contribution >= 0.6 is 0 Å². The first-order chi connectivity index (χ1) is 12.7. The molecular formula is C19H29N7O. The lowest BCUT2D eigenvalue weighted by Crippen LogP contribution is -2.40. The summed E-state index contributed by atoms with van der Waals surface area (Å²) >= 11 is 0. The molecule has 1 fully saturated rings. The smallest absolute Gasteiger partial charge is 0.320 e. The molecule has 3 rings (SSSR count). The molecule has 1 unspecified atom stereocenters. The van der Waals surface area contributed by atoms with Gasteiger partial charge in [0.25, 0.3) is 5.95 Å². The predicted molar refractivity (Wildman–Crippen MR) is 105 cm³/mol. The second-order valence-corrected chi connectivity index (χ2v) is 8.16. The van der Waals surface area contributed by atoms with Gasteiger partial charge in [0.2, 0.25) is 0 Å². The molecule has 2 aromatic rings. The van der Waals surface area contributed by atoms with Crippen molar-refractivity contribution in [1.29, 1.82) is 0 Å². The third-order valence-corrected chi connectivity index (χ3v) is 4.70. The van der Waals surface area contributed by atoms with Crippen LogP contribution in [-0.2, 0) is 0 Å². The van der Waals surface area contributed by atoms with Crippen molar-refractivity contribution < 1.29 is 4.79 Å². The second-order valence-electron chi connectivity index (χ2n) is 8.16. The number of amides is 2. The Hall–Kier alpha value is -2.48. The summed E-state index contributed by atoms with van der Waals surface area (Å²) in [6, 6.07) is 3.64. The summed E-state index contributed by atoms with van der Waals surface area (Å²) in [6.45, 7) is 12.1. The number of hydrogen-bond donors (Lipinski definition) is 3. The topological polar surface area (TPSA) is 96.8 Å². The fourth-order valence-corrected chi connectivity index (χ4v) is 3.55. The molecule has 0 aromatic carbocycles. The summed E-state index contributed by atoms with van der Waals surface area (Å²) in [4.78, 5) is 21.3. The van der Waals surface area contributed by atoms with Crippen molar-refractivity contribution in [2.45, 2.75) is 53.5 Å². The van der Waals surface area contributed by atoms with Gasteiger partial charge in [0.05, 0.1) is 0 Å². The van der Waals surface area contributed by atoms with E-state index >= 15 is 0 Å². The van der Waals surface area contributed by atoms with Crippen LogP contribution in [0.25, 0.3) is 5.95 Å². The molecule has 8 nitrogen and oxygen atoms in total. The Morgan fingerprint density at radius 3 is 2.63 bits per heavy atom. The molecule has 0 radical (unpaired) electrons. The zero-order valence-corrected chi connectivity index (χ0v) is 16.8. The van der Waals surface area contributed by atoms with Gasteiger partial charge in [0.1, 0.15) is 0 Å². The molecule has 2 amide bonds. The van der Waals surface area contributed by atoms with Crippen LogP contribution in [0.5, 0.6) is 0 Å². The number of urea groups is 1. The minimum absolute atomic E-state index is 0.140. The van der Waals surface area contributed by atoms with E-state index in [9.17, 15) is 4.79 Å². The molecule has 0 saturated carbocycles. The number of carbonyl (C=O) groups is 1. The summed E-state index contributed by atoms with van der Waals surface area (Å²) in [5, 5.41) is 13.8. The van der Waals surface area contributed by atoms with Gasteiger partial charge in [-0.2, -0.15) is 0 Å². The Labute approximate surface area is 160 Å². The average Bonchev–Trinajstić information content (AvgIpc) is 2.80. The number of anilines is 1. The van der Waals surface area contributed by atoms with Crippen LogP contribution in [-0.4, -0.2) is 44.9 Å². The van der Waals surface area contributed by atoms with Crippen molar-refractivity contribution >= 4 is 11.8 Å². The average molecular weight is 371 g/mol. The maximum atomic E-state index is 12.4. The van der Waals surface area contributed by atoms with Crippen molar-refractivity contribution in [1.82, 2.24) is 30.4 Å². The fraction of sp³-hybridized carbons (Fsp3) is 0.579. The zero-order valence-electron chi connectivity index (χ0n) is 16.8. The van der Waals surface area contributed by atoms with E-state index in [1.807, 2.05) is 32.9 Å². The van der Waals surface area contributed by atoms with Gasteiger partial charge in [0, 0.05) is 35.7 Å². The number of nitrogens with one attached hydrogen (secondary N) is 3. The first kappa shape index (κ1) is 19.3. The number of rotatable bonds is 3. The summed E-state index contributed by atoms with van der Waals surface area (Å²) in [7, 11) is 0. The minimum Gasteiger partial charge on any atom is -0.335 e. The zero-order chi connectivity index (χ0) is 19.6. The SMILES string of the molecule is Cc1cc(C)nc(-n2nc(NC(=O)NC3CCNCC(C)(C)C3)cc2C)n1. The van der Waals surface area contributed by atoms with Crippen molar-refractivity contribution in [3.05, 3.63) is 29.2 Å². The Balaban J connectivity index is 1.68. The molecule has 27 heavy (non-hydrogen) atoms. The number of aryl methyl sites for hydroxylation is 3. The minimum atomic E-state index is -0.233. The Morgan fingerprint density at radius 2 is 1.93 bits per heavy atom. The van der Waals surface area contributed by atoms with Crippen LogP contribution in [0.1, 0.15) is 43.8 Å². The van der Waals surface area contributed by atoms with E-state index in [0.717, 1.165) is 43.0 Å². The molecule has 2 aromatic heterocycles. The highest BCUT2D eigenvalue weighted by Crippen LogP contribution is 2.24. The second kappa shape index (κ2) is 7.64. The van der Waals surface area contributed by atoms with E-state index < -0.39 is 0 Å². The lowest BCUT2D eigenvalue weighted by molar-refractivity contribution is 0.241. The third kappa shape index (κ3) is 5.03. The van der Waals surface area contributed by atoms with Crippen LogP contribution in [0.4, 0.5) is 10.6 Å². The molecule has 0 bridgehead atoms. The first-order valence-corrected chi connectivity index (χ1v) is 9.39. The number of hydrogen-bond acceptors (Lipinski definition) is 5. The maximum absolute atomic E-state index is 12.4. The van der Waals surface area contributed by atoms with Gasteiger partial charge < -0.3 is 10.6 Å². The first-order valence-electron chi connectivity index (χ1n) is 9.39. The third-order valence-electron chi connectivity index (χ3n) is 4.70. The molecule has 1 aliphatic heterocycles. The van der Waals surface area contributed by atoms with Gasteiger partial charge in [-0.15, -0.1) is 5.10 Å². The highest BCUT2D eigenvalue weighted by atomic mass is 16.2. The maximum Gasteiger partial charge on any atom is 0.320 e. The molecule has 0 aliphatic carbocycles. The van der Waals surface area contributed by atoms with E-state index in [1.54, 1.807) is 4.68 Å². The highest BCUT2D eigenvalue weighted by Gasteiger charge is 2.27. The predicted octanol–water partition coefficient (Wildman–Crippen LogP) is 2.49. The number of carbonyl (C=O) groups excluding carboxylic acids is 1. The van der Waals surface area contributed by atoms with E-state index in [4.69, 9.17) is 0 Å². The molecule has 1 saturated heterocycles. The summed E-state index contributed by atoms with van der Waals surface area (Å²) < 4.78 is 1.65. The van der Waals surface area contributed by atoms with Crippen molar-refractivity contribution in [3.63, 3.8) is 0 Å². The Morgan fingerprint density at radius 1 is 1.22 bits per heavy atom. The summed E-state index contributed by atoms with van der Waals surface area (Å²) in [6.07, 6.45) is 1.86. The molecule has 8 heteroatoms. The van der Waals surface area contributed by atoms with Crippen LogP contribution in [0, 0.1) is 26.2 Å². The molecular weight excluding hydrogens is 342 g/mol. The van der Waals surface area contributed by atoms with Crippen molar-refractivity contribution in [2.24, 2.45) is 5.41 Å². The van der Waals surface area contributed by atoms with E-state index in [2.05, 4.69) is 44.9 Å². The lowest BCUT2D eigenvalue weighted by Gasteiger charge is -2.26. The standard InChI is InChI=1S/C19H29N7O/c1-12-8-13(2)22-17(21-12)26-14(3)9-16(25-26)24-18(27)23-15-6-7-20-11-19(4,5)10-15/h8-9,15,20H,6-7,10-11H2,1-5H3,(H2,23,24,25,27). The van der Waals surface area contributed by atoms with Gasteiger partial charge >= 0.3 is 6.03 Å². The van der Waals surface area contributed by atoms with Crippen LogP contribution in [0.15, 0.2) is 12.1 Å². The molecule has 0 spiro atoms. The van der Waals surface area contributed by atoms with Gasteiger partial charge in [-0.05, 0) is 51.6 Å². The van der Waals surface area contributed by atoms with Crippen molar-refractivity contribution in [2.75, 3.05) is 18.4 Å². The van der Waals surface area contributed by atoms with E-state index in [1.165, 1.54) is 0 Å². The Bertz CT molecular complexity index is 807. The fourth-order valence-electron chi connectivity index (χ4n) is 3.55. The summed E-state index contributed by atoms with van der Waals surface area (Å²) in [5.74, 6) is 0.994.